The molecule has 2 nitrogen and oxygen atoms in total. The number of aliphatic hydroxyl groups excluding tert-OH is 1. The predicted octanol–water partition coefficient (Wildman–Crippen LogP) is 2.13. The Hall–Kier alpha value is -0.340. The van der Waals surface area contributed by atoms with Crippen molar-refractivity contribution in [3.8, 4) is 0 Å². The monoisotopic (exact) mass is 184 g/mol. The highest BCUT2D eigenvalue weighted by atomic mass is 16.5. The maximum Gasteiger partial charge on any atom is 0.0804 e. The van der Waals surface area contributed by atoms with E-state index in [9.17, 15) is 5.11 Å². The van der Waals surface area contributed by atoms with Gasteiger partial charge in [-0.2, -0.15) is 0 Å². The van der Waals surface area contributed by atoms with E-state index in [-0.39, 0.29) is 6.10 Å². The van der Waals surface area contributed by atoms with Gasteiger partial charge in [0.05, 0.1) is 12.7 Å². The van der Waals surface area contributed by atoms with Gasteiger partial charge in [-0.3, -0.25) is 0 Å². The Bertz CT molecular complexity index is 154. The molecule has 2 heteroatoms. The Kier molecular flexibility index (Phi) is 5.09. The smallest absolute Gasteiger partial charge is 0.0804 e. The quantitative estimate of drug-likeness (QED) is 0.524. The van der Waals surface area contributed by atoms with Crippen molar-refractivity contribution in [3.63, 3.8) is 0 Å². The molecule has 0 saturated carbocycles. The molecule has 1 N–H and O–H groups in total. The van der Waals surface area contributed by atoms with Crippen LogP contribution in [0.5, 0.6) is 0 Å². The SMILES string of the molecule is CCCOCC(O)C1CC=CCC1. The van der Waals surface area contributed by atoms with Gasteiger partial charge in [0.1, 0.15) is 0 Å². The van der Waals surface area contributed by atoms with Crippen molar-refractivity contribution in [3.05, 3.63) is 12.2 Å². The molecule has 1 rings (SSSR count). The van der Waals surface area contributed by atoms with Crippen LogP contribution in [0.15, 0.2) is 12.2 Å². The summed E-state index contributed by atoms with van der Waals surface area (Å²) in [6.07, 6.45) is 8.33. The minimum atomic E-state index is -0.267. The summed E-state index contributed by atoms with van der Waals surface area (Å²) in [5.74, 6) is 0.418. The second-order valence-corrected chi connectivity index (χ2v) is 3.69. The number of ether oxygens (including phenoxy) is 1. The van der Waals surface area contributed by atoms with Gasteiger partial charge >= 0.3 is 0 Å². The van der Waals surface area contributed by atoms with Gasteiger partial charge in [-0.25, -0.2) is 0 Å². The van der Waals surface area contributed by atoms with Crippen LogP contribution in [0.2, 0.25) is 0 Å². The van der Waals surface area contributed by atoms with Crippen molar-refractivity contribution >= 4 is 0 Å². The van der Waals surface area contributed by atoms with E-state index in [1.54, 1.807) is 0 Å². The molecule has 0 aromatic rings. The number of rotatable bonds is 5. The summed E-state index contributed by atoms with van der Waals surface area (Å²) in [6.45, 7) is 3.35. The summed E-state index contributed by atoms with van der Waals surface area (Å²) >= 11 is 0. The molecule has 0 fully saturated rings. The first-order chi connectivity index (χ1) is 6.34. The second kappa shape index (κ2) is 6.17. The van der Waals surface area contributed by atoms with E-state index in [1.165, 1.54) is 0 Å². The van der Waals surface area contributed by atoms with Crippen molar-refractivity contribution in [1.29, 1.82) is 0 Å². The zero-order chi connectivity index (χ0) is 9.52. The molecular formula is C11H20O2. The average Bonchev–Trinajstić information content (AvgIpc) is 2.19. The molecule has 0 amide bonds. The Morgan fingerprint density at radius 3 is 3.00 bits per heavy atom. The molecule has 0 saturated heterocycles. The maximum absolute atomic E-state index is 9.74. The van der Waals surface area contributed by atoms with Gasteiger partial charge in [0.15, 0.2) is 0 Å². The summed E-state index contributed by atoms with van der Waals surface area (Å²) in [5.41, 5.74) is 0. The molecular weight excluding hydrogens is 164 g/mol. The van der Waals surface area contributed by atoms with E-state index in [0.29, 0.717) is 12.5 Å². The molecule has 2 atom stereocenters. The van der Waals surface area contributed by atoms with Crippen LogP contribution < -0.4 is 0 Å². The molecule has 1 aliphatic carbocycles. The van der Waals surface area contributed by atoms with Gasteiger partial charge in [-0.05, 0) is 31.6 Å². The molecule has 0 aromatic heterocycles. The Labute approximate surface area is 80.6 Å². The minimum absolute atomic E-state index is 0.267. The summed E-state index contributed by atoms with van der Waals surface area (Å²) < 4.78 is 5.32. The van der Waals surface area contributed by atoms with Gasteiger partial charge < -0.3 is 9.84 Å². The van der Waals surface area contributed by atoms with E-state index >= 15 is 0 Å². The molecule has 13 heavy (non-hydrogen) atoms. The number of hydrogen-bond donors (Lipinski definition) is 1. The lowest BCUT2D eigenvalue weighted by Crippen LogP contribution is -2.26. The Morgan fingerprint density at radius 2 is 2.38 bits per heavy atom. The average molecular weight is 184 g/mol. The highest BCUT2D eigenvalue weighted by Gasteiger charge is 2.19. The first-order valence-electron chi connectivity index (χ1n) is 5.25. The lowest BCUT2D eigenvalue weighted by Gasteiger charge is -2.23. The van der Waals surface area contributed by atoms with E-state index in [2.05, 4.69) is 19.1 Å². The number of allylic oxidation sites excluding steroid dienone is 2. The van der Waals surface area contributed by atoms with Crippen LogP contribution in [-0.4, -0.2) is 24.4 Å². The summed E-state index contributed by atoms with van der Waals surface area (Å²) in [7, 11) is 0. The zero-order valence-corrected chi connectivity index (χ0v) is 8.41. The lowest BCUT2D eigenvalue weighted by atomic mass is 9.90. The Balaban J connectivity index is 2.14. The van der Waals surface area contributed by atoms with Crippen molar-refractivity contribution in [1.82, 2.24) is 0 Å². The van der Waals surface area contributed by atoms with Gasteiger partial charge in [0.2, 0.25) is 0 Å². The van der Waals surface area contributed by atoms with Crippen molar-refractivity contribution in [2.75, 3.05) is 13.2 Å². The fourth-order valence-corrected chi connectivity index (χ4v) is 1.65. The summed E-state index contributed by atoms with van der Waals surface area (Å²) in [5, 5.41) is 9.74. The number of aliphatic hydroxyl groups is 1. The molecule has 76 valence electrons. The van der Waals surface area contributed by atoms with Gasteiger partial charge in [-0.1, -0.05) is 19.1 Å². The van der Waals surface area contributed by atoms with Crippen molar-refractivity contribution < 1.29 is 9.84 Å². The highest BCUT2D eigenvalue weighted by molar-refractivity contribution is 4.92. The minimum Gasteiger partial charge on any atom is -0.390 e. The van der Waals surface area contributed by atoms with E-state index < -0.39 is 0 Å². The Morgan fingerprint density at radius 1 is 1.54 bits per heavy atom. The third-order valence-electron chi connectivity index (χ3n) is 2.49. The highest BCUT2D eigenvalue weighted by Crippen LogP contribution is 2.21. The molecule has 2 unspecified atom stereocenters. The lowest BCUT2D eigenvalue weighted by molar-refractivity contribution is 0.00267. The second-order valence-electron chi connectivity index (χ2n) is 3.69. The maximum atomic E-state index is 9.74. The largest absolute Gasteiger partial charge is 0.390 e. The normalized spacial score (nSPS) is 24.6. The van der Waals surface area contributed by atoms with Crippen LogP contribution >= 0.6 is 0 Å². The number of hydrogen-bond acceptors (Lipinski definition) is 2. The summed E-state index contributed by atoms with van der Waals surface area (Å²) in [6, 6.07) is 0. The zero-order valence-electron chi connectivity index (χ0n) is 8.41. The molecule has 0 heterocycles. The van der Waals surface area contributed by atoms with Crippen LogP contribution in [0, 0.1) is 5.92 Å². The molecule has 0 aromatic carbocycles. The van der Waals surface area contributed by atoms with Crippen LogP contribution in [0.25, 0.3) is 0 Å². The molecule has 0 aliphatic heterocycles. The molecule has 0 radical (unpaired) electrons. The third kappa shape index (κ3) is 3.92. The van der Waals surface area contributed by atoms with E-state index in [4.69, 9.17) is 4.74 Å². The van der Waals surface area contributed by atoms with Crippen molar-refractivity contribution in [2.24, 2.45) is 5.92 Å². The molecule has 0 spiro atoms. The van der Waals surface area contributed by atoms with Gasteiger partial charge in [-0.15, -0.1) is 0 Å². The van der Waals surface area contributed by atoms with Gasteiger partial charge in [0, 0.05) is 6.61 Å². The van der Waals surface area contributed by atoms with Crippen LogP contribution in [0.4, 0.5) is 0 Å². The van der Waals surface area contributed by atoms with Crippen LogP contribution in [-0.2, 0) is 4.74 Å². The fourth-order valence-electron chi connectivity index (χ4n) is 1.65. The third-order valence-corrected chi connectivity index (χ3v) is 2.49. The standard InChI is InChI=1S/C11H20O2/c1-2-8-13-9-11(12)10-6-4-3-5-7-10/h3-4,10-12H,2,5-9H2,1H3. The van der Waals surface area contributed by atoms with E-state index in [1.807, 2.05) is 0 Å². The van der Waals surface area contributed by atoms with E-state index in [0.717, 1.165) is 32.3 Å². The topological polar surface area (TPSA) is 29.5 Å². The van der Waals surface area contributed by atoms with Crippen molar-refractivity contribution in [2.45, 2.75) is 38.7 Å². The predicted molar refractivity (Wildman–Crippen MR) is 53.6 cm³/mol. The van der Waals surface area contributed by atoms with Crippen LogP contribution in [0.1, 0.15) is 32.6 Å². The molecule has 0 bridgehead atoms. The first-order valence-corrected chi connectivity index (χ1v) is 5.25. The van der Waals surface area contributed by atoms with Crippen LogP contribution in [0.3, 0.4) is 0 Å². The fraction of sp³-hybridized carbons (Fsp3) is 0.818. The molecule has 1 aliphatic rings. The first kappa shape index (κ1) is 10.7. The summed E-state index contributed by atoms with van der Waals surface area (Å²) in [4.78, 5) is 0. The van der Waals surface area contributed by atoms with Gasteiger partial charge in [0.25, 0.3) is 0 Å².